The van der Waals surface area contributed by atoms with E-state index in [1.54, 1.807) is 0 Å². The first-order valence-corrected chi connectivity index (χ1v) is 10.9. The quantitative estimate of drug-likeness (QED) is 0.775. The predicted molar refractivity (Wildman–Crippen MR) is 111 cm³/mol. The van der Waals surface area contributed by atoms with E-state index < -0.39 is 0 Å². The summed E-state index contributed by atoms with van der Waals surface area (Å²) in [6, 6.07) is 9.39. The molecule has 1 heterocycles. The second kappa shape index (κ2) is 10.3. The number of hydrogen-bond acceptors (Lipinski definition) is 4. The van der Waals surface area contributed by atoms with E-state index in [1.807, 2.05) is 35.2 Å². The first kappa shape index (κ1) is 21.1. The summed E-state index contributed by atoms with van der Waals surface area (Å²) < 4.78 is 11.9. The first-order chi connectivity index (χ1) is 13.5. The third kappa shape index (κ3) is 5.71. The fourth-order valence-electron chi connectivity index (χ4n) is 4.51. The third-order valence-electron chi connectivity index (χ3n) is 6.42. The highest BCUT2D eigenvalue weighted by Crippen LogP contribution is 2.31. The van der Waals surface area contributed by atoms with E-state index in [1.165, 1.54) is 12.8 Å². The van der Waals surface area contributed by atoms with Gasteiger partial charge >= 0.3 is 0 Å². The number of rotatable bonds is 7. The van der Waals surface area contributed by atoms with E-state index in [0.717, 1.165) is 44.1 Å². The zero-order chi connectivity index (χ0) is 19.9. The number of hydrogen-bond donors (Lipinski definition) is 1. The second-order valence-corrected chi connectivity index (χ2v) is 8.68. The van der Waals surface area contributed by atoms with Crippen LogP contribution in [-0.2, 0) is 9.53 Å². The maximum Gasteiger partial charge on any atom is 0.260 e. The molecule has 2 fully saturated rings. The highest BCUT2D eigenvalue weighted by molar-refractivity contribution is 5.78. The van der Waals surface area contributed by atoms with Gasteiger partial charge in [-0.25, -0.2) is 0 Å². The maximum atomic E-state index is 12.8. The Bertz CT molecular complexity index is 599. The van der Waals surface area contributed by atoms with Crippen molar-refractivity contribution in [3.05, 3.63) is 30.3 Å². The van der Waals surface area contributed by atoms with Gasteiger partial charge in [-0.05, 0) is 62.5 Å². The number of carbonyl (C=O) groups is 1. The summed E-state index contributed by atoms with van der Waals surface area (Å²) >= 11 is 0. The van der Waals surface area contributed by atoms with Crippen molar-refractivity contribution in [3.63, 3.8) is 0 Å². The molecule has 3 rings (SSSR count). The summed E-state index contributed by atoms with van der Waals surface area (Å²) in [6.45, 7) is 5.95. The number of likely N-dealkylation sites (tertiary alicyclic amines) is 1. The molecular formula is C23H36N2O3. The molecule has 2 atom stereocenters. The van der Waals surface area contributed by atoms with Crippen molar-refractivity contribution < 1.29 is 14.3 Å². The molecule has 0 radical (unpaired) electrons. The Morgan fingerprint density at radius 1 is 1.14 bits per heavy atom. The zero-order valence-electron chi connectivity index (χ0n) is 17.4. The predicted octanol–water partition coefficient (Wildman–Crippen LogP) is 3.62. The second-order valence-electron chi connectivity index (χ2n) is 8.68. The Labute approximate surface area is 169 Å². The van der Waals surface area contributed by atoms with Gasteiger partial charge < -0.3 is 20.1 Å². The fraction of sp³-hybridized carbons (Fsp3) is 0.696. The standard InChI is InChI=1S/C23H36N2O3/c1-17(2)18-10-12-20(13-11-18)27-15-22-21(24)9-6-14-25(22)23(26)16-28-19-7-4-3-5-8-19/h3-5,7-8,17-18,20-22H,6,9-16,24H2,1-2H3/t18?,20?,21?,22-/m0/s1. The number of para-hydroxylation sites is 1. The van der Waals surface area contributed by atoms with Crippen LogP contribution in [0.2, 0.25) is 0 Å². The maximum absolute atomic E-state index is 12.8. The number of benzene rings is 1. The molecule has 0 aromatic heterocycles. The number of nitrogens with two attached hydrogens (primary N) is 1. The van der Waals surface area contributed by atoms with Gasteiger partial charge in [0.1, 0.15) is 5.75 Å². The van der Waals surface area contributed by atoms with Gasteiger partial charge in [-0.15, -0.1) is 0 Å². The Hall–Kier alpha value is -1.59. The Balaban J connectivity index is 1.50. The van der Waals surface area contributed by atoms with Gasteiger partial charge in [-0.1, -0.05) is 32.0 Å². The Morgan fingerprint density at radius 3 is 2.54 bits per heavy atom. The van der Waals surface area contributed by atoms with Crippen LogP contribution in [0.1, 0.15) is 52.4 Å². The van der Waals surface area contributed by atoms with Gasteiger partial charge in [0.15, 0.2) is 6.61 Å². The minimum atomic E-state index is -0.0524. The molecule has 1 aliphatic heterocycles. The van der Waals surface area contributed by atoms with Crippen LogP contribution in [0, 0.1) is 11.8 Å². The lowest BCUT2D eigenvalue weighted by atomic mass is 9.80. The van der Waals surface area contributed by atoms with E-state index >= 15 is 0 Å². The third-order valence-corrected chi connectivity index (χ3v) is 6.42. The normalized spacial score (nSPS) is 28.4. The number of nitrogens with zero attached hydrogens (tertiary/aromatic N) is 1. The molecule has 28 heavy (non-hydrogen) atoms. The van der Waals surface area contributed by atoms with Crippen molar-refractivity contribution in [1.29, 1.82) is 0 Å². The molecule has 0 bridgehead atoms. The molecule has 2 N–H and O–H groups in total. The van der Waals surface area contributed by atoms with Gasteiger partial charge in [-0.2, -0.15) is 0 Å². The van der Waals surface area contributed by atoms with E-state index in [9.17, 15) is 4.79 Å². The number of ether oxygens (including phenoxy) is 2. The van der Waals surface area contributed by atoms with Crippen LogP contribution in [0.15, 0.2) is 30.3 Å². The van der Waals surface area contributed by atoms with Gasteiger partial charge in [0.2, 0.25) is 0 Å². The van der Waals surface area contributed by atoms with E-state index in [2.05, 4.69) is 13.8 Å². The van der Waals surface area contributed by atoms with E-state index in [-0.39, 0.29) is 24.6 Å². The Kier molecular flexibility index (Phi) is 7.74. The van der Waals surface area contributed by atoms with Crippen molar-refractivity contribution in [1.82, 2.24) is 4.90 Å². The minimum Gasteiger partial charge on any atom is -0.484 e. The smallest absolute Gasteiger partial charge is 0.260 e. The number of amides is 1. The van der Waals surface area contributed by atoms with Crippen LogP contribution in [0.4, 0.5) is 0 Å². The van der Waals surface area contributed by atoms with Gasteiger partial charge in [0, 0.05) is 12.6 Å². The molecule has 0 spiro atoms. The van der Waals surface area contributed by atoms with Crippen LogP contribution in [0.25, 0.3) is 0 Å². The molecule has 5 heteroatoms. The van der Waals surface area contributed by atoms with Crippen molar-refractivity contribution in [3.8, 4) is 5.75 Å². The van der Waals surface area contributed by atoms with Crippen LogP contribution in [0.5, 0.6) is 5.75 Å². The van der Waals surface area contributed by atoms with Crippen molar-refractivity contribution >= 4 is 5.91 Å². The molecule has 1 aliphatic carbocycles. The van der Waals surface area contributed by atoms with Gasteiger partial charge in [-0.3, -0.25) is 4.79 Å². The highest BCUT2D eigenvalue weighted by atomic mass is 16.5. The van der Waals surface area contributed by atoms with Crippen molar-refractivity contribution in [2.75, 3.05) is 19.8 Å². The lowest BCUT2D eigenvalue weighted by Gasteiger charge is -2.40. The summed E-state index contributed by atoms with van der Waals surface area (Å²) in [7, 11) is 0. The summed E-state index contributed by atoms with van der Waals surface area (Å²) in [4.78, 5) is 14.7. The largest absolute Gasteiger partial charge is 0.484 e. The molecule has 1 amide bonds. The average Bonchev–Trinajstić information content (AvgIpc) is 2.72. The average molecular weight is 389 g/mol. The SMILES string of the molecule is CC(C)C1CCC(OC[C@H]2C(N)CCCN2C(=O)COc2ccccc2)CC1. The van der Waals surface area contributed by atoms with Gasteiger partial charge in [0.25, 0.3) is 5.91 Å². The molecule has 1 unspecified atom stereocenters. The van der Waals surface area contributed by atoms with Crippen LogP contribution in [-0.4, -0.2) is 48.8 Å². The summed E-state index contributed by atoms with van der Waals surface area (Å²) in [6.07, 6.45) is 6.91. The van der Waals surface area contributed by atoms with E-state index in [4.69, 9.17) is 15.2 Å². The Morgan fingerprint density at radius 2 is 1.86 bits per heavy atom. The molecule has 1 saturated heterocycles. The zero-order valence-corrected chi connectivity index (χ0v) is 17.4. The fourth-order valence-corrected chi connectivity index (χ4v) is 4.51. The molecule has 5 nitrogen and oxygen atoms in total. The number of piperidine rings is 1. The summed E-state index contributed by atoms with van der Waals surface area (Å²) in [5.41, 5.74) is 6.38. The minimum absolute atomic E-state index is 0.00359. The molecule has 2 aliphatic rings. The molecule has 1 saturated carbocycles. The monoisotopic (exact) mass is 388 g/mol. The molecule has 1 aromatic carbocycles. The summed E-state index contributed by atoms with van der Waals surface area (Å²) in [5.74, 6) is 2.29. The number of carbonyl (C=O) groups excluding carboxylic acids is 1. The van der Waals surface area contributed by atoms with Crippen LogP contribution >= 0.6 is 0 Å². The molecule has 1 aromatic rings. The molecular weight excluding hydrogens is 352 g/mol. The first-order valence-electron chi connectivity index (χ1n) is 10.9. The highest BCUT2D eigenvalue weighted by Gasteiger charge is 2.34. The van der Waals surface area contributed by atoms with Gasteiger partial charge in [0.05, 0.1) is 18.8 Å². The van der Waals surface area contributed by atoms with Crippen LogP contribution < -0.4 is 10.5 Å². The molecule has 156 valence electrons. The van der Waals surface area contributed by atoms with Crippen LogP contribution in [0.3, 0.4) is 0 Å². The lowest BCUT2D eigenvalue weighted by molar-refractivity contribution is -0.140. The lowest BCUT2D eigenvalue weighted by Crippen LogP contribution is -2.57. The van der Waals surface area contributed by atoms with Crippen molar-refractivity contribution in [2.45, 2.75) is 70.6 Å². The summed E-state index contributed by atoms with van der Waals surface area (Å²) in [5, 5.41) is 0. The van der Waals surface area contributed by atoms with E-state index in [0.29, 0.717) is 18.5 Å². The van der Waals surface area contributed by atoms with Crippen molar-refractivity contribution in [2.24, 2.45) is 17.6 Å². The topological polar surface area (TPSA) is 64.8 Å².